The average molecular weight is 315 g/mol. The SMILES string of the molecule is CCc1nsc(Sc2nc(Cl)nc3sccc23)n1. The van der Waals surface area contributed by atoms with Crippen molar-refractivity contribution >= 4 is 56.4 Å². The van der Waals surface area contributed by atoms with Crippen molar-refractivity contribution in [3.8, 4) is 0 Å². The number of hydrogen-bond acceptors (Lipinski definition) is 7. The van der Waals surface area contributed by atoms with Crippen LogP contribution in [0, 0.1) is 0 Å². The van der Waals surface area contributed by atoms with Gasteiger partial charge in [-0.2, -0.15) is 4.37 Å². The Balaban J connectivity index is 2.00. The van der Waals surface area contributed by atoms with E-state index < -0.39 is 0 Å². The molecule has 3 aromatic rings. The molecule has 0 aliphatic heterocycles. The number of thiophene rings is 1. The summed E-state index contributed by atoms with van der Waals surface area (Å²) < 4.78 is 5.14. The third kappa shape index (κ3) is 2.35. The van der Waals surface area contributed by atoms with E-state index in [2.05, 4.69) is 19.3 Å². The number of aryl methyl sites for hydroxylation is 1. The number of halogens is 1. The molecule has 0 saturated carbocycles. The number of hydrogen-bond donors (Lipinski definition) is 0. The van der Waals surface area contributed by atoms with E-state index in [-0.39, 0.29) is 5.28 Å². The molecule has 0 aliphatic carbocycles. The molecule has 3 heterocycles. The molecule has 0 fully saturated rings. The largest absolute Gasteiger partial charge is 0.224 e. The standard InChI is InChI=1S/C10H7ClN4S3/c1-2-6-12-10(18-15-6)17-8-5-3-4-16-7(5)13-9(11)14-8/h3-4H,2H2,1H3. The Morgan fingerprint density at radius 3 is 3.00 bits per heavy atom. The van der Waals surface area contributed by atoms with Gasteiger partial charge < -0.3 is 0 Å². The maximum atomic E-state index is 5.92. The quantitative estimate of drug-likeness (QED) is 0.542. The summed E-state index contributed by atoms with van der Waals surface area (Å²) in [6, 6.07) is 2.00. The number of rotatable bonds is 3. The van der Waals surface area contributed by atoms with Gasteiger partial charge in [-0.25, -0.2) is 15.0 Å². The first-order valence-corrected chi connectivity index (χ1v) is 8.02. The monoisotopic (exact) mass is 314 g/mol. The minimum Gasteiger partial charge on any atom is -0.213 e. The van der Waals surface area contributed by atoms with Gasteiger partial charge in [0.2, 0.25) is 5.28 Å². The van der Waals surface area contributed by atoms with Crippen LogP contribution in [-0.4, -0.2) is 19.3 Å². The molecule has 18 heavy (non-hydrogen) atoms. The molecule has 8 heteroatoms. The molecule has 3 aromatic heterocycles. The summed E-state index contributed by atoms with van der Waals surface area (Å²) in [6.07, 6.45) is 0.843. The second-order valence-electron chi connectivity index (χ2n) is 3.37. The Kier molecular flexibility index (Phi) is 3.47. The molecule has 0 radical (unpaired) electrons. The van der Waals surface area contributed by atoms with Crippen molar-refractivity contribution in [3.05, 3.63) is 22.6 Å². The molecule has 0 aromatic carbocycles. The molecule has 92 valence electrons. The van der Waals surface area contributed by atoms with Crippen LogP contribution in [0.3, 0.4) is 0 Å². The fraction of sp³-hybridized carbons (Fsp3) is 0.200. The summed E-state index contributed by atoms with van der Waals surface area (Å²) in [4.78, 5) is 13.8. The summed E-state index contributed by atoms with van der Waals surface area (Å²) in [7, 11) is 0. The van der Waals surface area contributed by atoms with Crippen LogP contribution in [0.2, 0.25) is 5.28 Å². The van der Waals surface area contributed by atoms with Crippen molar-refractivity contribution in [2.45, 2.75) is 22.7 Å². The van der Waals surface area contributed by atoms with Crippen LogP contribution in [0.4, 0.5) is 0 Å². The van der Waals surface area contributed by atoms with Crippen LogP contribution < -0.4 is 0 Å². The Hall–Kier alpha value is -0.760. The van der Waals surface area contributed by atoms with Crippen LogP contribution in [-0.2, 0) is 6.42 Å². The lowest BCUT2D eigenvalue weighted by Gasteiger charge is -1.99. The van der Waals surface area contributed by atoms with Gasteiger partial charge in [-0.05, 0) is 46.3 Å². The van der Waals surface area contributed by atoms with E-state index in [0.29, 0.717) is 0 Å². The molecule has 0 bridgehead atoms. The van der Waals surface area contributed by atoms with Crippen molar-refractivity contribution in [1.82, 2.24) is 19.3 Å². The number of nitrogens with zero attached hydrogens (tertiary/aromatic N) is 4. The van der Waals surface area contributed by atoms with Crippen molar-refractivity contribution in [1.29, 1.82) is 0 Å². The maximum absolute atomic E-state index is 5.92. The first-order valence-electron chi connectivity index (χ1n) is 5.17. The lowest BCUT2D eigenvalue weighted by Crippen LogP contribution is -1.86. The van der Waals surface area contributed by atoms with Gasteiger partial charge in [0, 0.05) is 11.8 Å². The Morgan fingerprint density at radius 1 is 1.33 bits per heavy atom. The van der Waals surface area contributed by atoms with Crippen LogP contribution in [0.25, 0.3) is 10.2 Å². The maximum Gasteiger partial charge on any atom is 0.224 e. The van der Waals surface area contributed by atoms with Crippen molar-refractivity contribution in [2.24, 2.45) is 0 Å². The normalized spacial score (nSPS) is 11.2. The molecule has 0 unspecified atom stereocenters. The van der Waals surface area contributed by atoms with Gasteiger partial charge in [0.1, 0.15) is 15.7 Å². The van der Waals surface area contributed by atoms with E-state index in [4.69, 9.17) is 11.6 Å². The first kappa shape index (κ1) is 12.3. The minimum absolute atomic E-state index is 0.271. The molecular weight excluding hydrogens is 308 g/mol. The molecule has 0 aliphatic rings. The van der Waals surface area contributed by atoms with Crippen LogP contribution >= 0.6 is 46.2 Å². The minimum atomic E-state index is 0.271. The molecule has 3 rings (SSSR count). The van der Waals surface area contributed by atoms with Crippen LogP contribution in [0.1, 0.15) is 12.7 Å². The predicted octanol–water partition coefficient (Wildman–Crippen LogP) is 3.91. The van der Waals surface area contributed by atoms with Gasteiger partial charge in [0.25, 0.3) is 0 Å². The van der Waals surface area contributed by atoms with Crippen molar-refractivity contribution in [2.75, 3.05) is 0 Å². The van der Waals surface area contributed by atoms with E-state index >= 15 is 0 Å². The van der Waals surface area contributed by atoms with E-state index in [0.717, 1.165) is 31.8 Å². The molecule has 0 spiro atoms. The summed E-state index contributed by atoms with van der Waals surface area (Å²) in [6.45, 7) is 2.04. The lowest BCUT2D eigenvalue weighted by molar-refractivity contribution is 0.970. The highest BCUT2D eigenvalue weighted by Crippen LogP contribution is 2.34. The highest BCUT2D eigenvalue weighted by atomic mass is 35.5. The molecule has 0 amide bonds. The Morgan fingerprint density at radius 2 is 2.22 bits per heavy atom. The summed E-state index contributed by atoms with van der Waals surface area (Å²) in [5, 5.41) is 4.11. The third-order valence-corrected chi connectivity index (χ3v) is 4.98. The van der Waals surface area contributed by atoms with Crippen molar-refractivity contribution in [3.63, 3.8) is 0 Å². The van der Waals surface area contributed by atoms with E-state index in [1.54, 1.807) is 11.3 Å². The Bertz CT molecular complexity index is 693. The van der Waals surface area contributed by atoms with E-state index in [1.807, 2.05) is 18.4 Å². The predicted molar refractivity (Wildman–Crippen MR) is 75.8 cm³/mol. The Labute approximate surface area is 121 Å². The topological polar surface area (TPSA) is 51.6 Å². The molecule has 4 nitrogen and oxygen atoms in total. The summed E-state index contributed by atoms with van der Waals surface area (Å²) in [5.41, 5.74) is 0. The first-order chi connectivity index (χ1) is 8.76. The van der Waals surface area contributed by atoms with Gasteiger partial charge >= 0.3 is 0 Å². The van der Waals surface area contributed by atoms with Gasteiger partial charge in [-0.3, -0.25) is 0 Å². The highest BCUT2D eigenvalue weighted by molar-refractivity contribution is 8.01. The molecule has 0 saturated heterocycles. The fourth-order valence-corrected chi connectivity index (χ4v) is 4.21. The summed E-state index contributed by atoms with van der Waals surface area (Å²) in [5.74, 6) is 0.865. The molecular formula is C10H7ClN4S3. The third-order valence-electron chi connectivity index (χ3n) is 2.21. The lowest BCUT2D eigenvalue weighted by atomic mass is 10.4. The smallest absolute Gasteiger partial charge is 0.213 e. The fourth-order valence-electron chi connectivity index (χ4n) is 1.39. The zero-order chi connectivity index (χ0) is 12.5. The van der Waals surface area contributed by atoms with Gasteiger partial charge in [-0.15, -0.1) is 11.3 Å². The number of aromatic nitrogens is 4. The van der Waals surface area contributed by atoms with Gasteiger partial charge in [0.05, 0.1) is 0 Å². The van der Waals surface area contributed by atoms with E-state index in [1.165, 1.54) is 23.3 Å². The van der Waals surface area contributed by atoms with Gasteiger partial charge in [0.15, 0.2) is 4.34 Å². The average Bonchev–Trinajstić information content (AvgIpc) is 2.97. The van der Waals surface area contributed by atoms with Crippen LogP contribution in [0.5, 0.6) is 0 Å². The number of fused-ring (bicyclic) bond motifs is 1. The zero-order valence-corrected chi connectivity index (χ0v) is 12.5. The molecule has 0 N–H and O–H groups in total. The van der Waals surface area contributed by atoms with Crippen LogP contribution in [0.15, 0.2) is 20.8 Å². The van der Waals surface area contributed by atoms with Gasteiger partial charge in [-0.1, -0.05) is 6.92 Å². The zero-order valence-electron chi connectivity index (χ0n) is 9.25. The second kappa shape index (κ2) is 5.08. The highest BCUT2D eigenvalue weighted by Gasteiger charge is 2.12. The molecule has 0 atom stereocenters. The summed E-state index contributed by atoms with van der Waals surface area (Å²) >= 11 is 10.3. The van der Waals surface area contributed by atoms with E-state index in [9.17, 15) is 0 Å². The van der Waals surface area contributed by atoms with Crippen molar-refractivity contribution < 1.29 is 0 Å². The second-order valence-corrected chi connectivity index (χ2v) is 6.59.